The van der Waals surface area contributed by atoms with Crippen molar-refractivity contribution in [3.05, 3.63) is 16.9 Å². The van der Waals surface area contributed by atoms with Crippen LogP contribution >= 0.6 is 11.6 Å². The van der Waals surface area contributed by atoms with Crippen LogP contribution in [0.1, 0.15) is 10.5 Å². The lowest BCUT2D eigenvalue weighted by atomic mass is 10.1. The lowest BCUT2D eigenvalue weighted by Gasteiger charge is -2.18. The van der Waals surface area contributed by atoms with E-state index in [0.717, 1.165) is 4.31 Å². The molecular formula is C12H19ClN4O4S. The average Bonchev–Trinajstić information content (AvgIpc) is 2.92. The van der Waals surface area contributed by atoms with Gasteiger partial charge in [0.15, 0.2) is 0 Å². The van der Waals surface area contributed by atoms with Crippen molar-refractivity contribution in [3.8, 4) is 0 Å². The first-order chi connectivity index (χ1) is 10.1. The Morgan fingerprint density at radius 1 is 1.50 bits per heavy atom. The zero-order valence-corrected chi connectivity index (χ0v) is 14.2. The van der Waals surface area contributed by atoms with Crippen LogP contribution in [0.4, 0.5) is 0 Å². The van der Waals surface area contributed by atoms with Crippen LogP contribution < -0.4 is 0 Å². The van der Waals surface area contributed by atoms with Crippen LogP contribution in [-0.2, 0) is 17.1 Å². The molecule has 0 bridgehead atoms. The number of aromatic nitrogens is 2. The minimum atomic E-state index is -3.44. The normalized spacial score (nSPS) is 22.5. The maximum absolute atomic E-state index is 12.4. The lowest BCUT2D eigenvalue weighted by Crippen LogP contribution is -2.34. The number of aryl methyl sites for hydroxylation is 1. The fraction of sp³-hybridized carbons (Fsp3) is 0.667. The summed E-state index contributed by atoms with van der Waals surface area (Å²) in [5.41, 5.74) is 0.227. The predicted molar refractivity (Wildman–Crippen MR) is 81.1 cm³/mol. The van der Waals surface area contributed by atoms with E-state index < -0.39 is 22.0 Å². The van der Waals surface area contributed by atoms with Gasteiger partial charge in [0.05, 0.1) is 23.1 Å². The molecular weight excluding hydrogens is 332 g/mol. The molecule has 124 valence electrons. The fourth-order valence-electron chi connectivity index (χ4n) is 2.40. The largest absolute Gasteiger partial charge is 0.391 e. The molecule has 1 aromatic rings. The molecule has 0 radical (unpaired) electrons. The van der Waals surface area contributed by atoms with Gasteiger partial charge in [-0.25, -0.2) is 12.7 Å². The molecule has 22 heavy (non-hydrogen) atoms. The van der Waals surface area contributed by atoms with Gasteiger partial charge in [-0.15, -0.1) is 0 Å². The smallest absolute Gasteiger partial charge is 0.273 e. The maximum atomic E-state index is 12.4. The number of carbonyl (C=O) groups excluding carboxylic acids is 1. The first-order valence-electron chi connectivity index (χ1n) is 6.68. The highest BCUT2D eigenvalue weighted by Gasteiger charge is 2.38. The number of β-amino-alcohol motifs (C(OH)–C–C–N with tert-alkyl or cyclic N) is 1. The van der Waals surface area contributed by atoms with E-state index in [9.17, 15) is 18.3 Å². The molecule has 1 saturated heterocycles. The van der Waals surface area contributed by atoms with Crippen LogP contribution in [0.15, 0.2) is 6.20 Å². The van der Waals surface area contributed by atoms with E-state index in [2.05, 4.69) is 5.10 Å². The molecule has 1 aliphatic heterocycles. The molecule has 0 aromatic carbocycles. The van der Waals surface area contributed by atoms with Crippen molar-refractivity contribution in [1.29, 1.82) is 0 Å². The summed E-state index contributed by atoms with van der Waals surface area (Å²) in [6.45, 7) is 0.239. The summed E-state index contributed by atoms with van der Waals surface area (Å²) in [4.78, 5) is 13.9. The molecule has 10 heteroatoms. The highest BCUT2D eigenvalue weighted by Crippen LogP contribution is 2.24. The first-order valence-corrected chi connectivity index (χ1v) is 8.67. The Kier molecular flexibility index (Phi) is 4.81. The van der Waals surface area contributed by atoms with Gasteiger partial charge in [-0.2, -0.15) is 5.10 Å². The number of amides is 1. The maximum Gasteiger partial charge on any atom is 0.273 e. The highest BCUT2D eigenvalue weighted by molar-refractivity contribution is 7.89. The van der Waals surface area contributed by atoms with Crippen LogP contribution in [0, 0.1) is 5.92 Å². The lowest BCUT2D eigenvalue weighted by molar-refractivity contribution is 0.0754. The van der Waals surface area contributed by atoms with Crippen molar-refractivity contribution in [1.82, 2.24) is 19.0 Å². The Morgan fingerprint density at radius 3 is 2.64 bits per heavy atom. The summed E-state index contributed by atoms with van der Waals surface area (Å²) >= 11 is 5.94. The standard InChI is InChI=1S/C12H19ClN4O4S/c1-15(2)22(20,21)7-8-5-17(6-10(8)18)12(19)11-9(13)4-14-16(11)3/h4,8,10,18H,5-7H2,1-3H3/t8-,10+/m0/s1. The second kappa shape index (κ2) is 6.15. The average molecular weight is 351 g/mol. The highest BCUT2D eigenvalue weighted by atomic mass is 35.5. The topological polar surface area (TPSA) is 95.7 Å². The SMILES string of the molecule is CN(C)S(=O)(=O)C[C@@H]1CN(C(=O)c2c(Cl)cnn2C)C[C@H]1O. The van der Waals surface area contributed by atoms with Gasteiger partial charge in [0.1, 0.15) is 5.69 Å². The molecule has 2 atom stereocenters. The van der Waals surface area contributed by atoms with Crippen LogP contribution in [-0.4, -0.2) is 77.5 Å². The zero-order chi connectivity index (χ0) is 16.7. The van der Waals surface area contributed by atoms with Crippen LogP contribution in [0.5, 0.6) is 0 Å². The Morgan fingerprint density at radius 2 is 2.14 bits per heavy atom. The third-order valence-electron chi connectivity index (χ3n) is 3.77. The van der Waals surface area contributed by atoms with Gasteiger partial charge in [-0.3, -0.25) is 9.48 Å². The van der Waals surface area contributed by atoms with E-state index >= 15 is 0 Å². The molecule has 1 N–H and O–H groups in total. The number of sulfonamides is 1. The summed E-state index contributed by atoms with van der Waals surface area (Å²) in [7, 11) is 1.03. The van der Waals surface area contributed by atoms with Gasteiger partial charge >= 0.3 is 0 Å². The van der Waals surface area contributed by atoms with Gasteiger partial charge in [0, 0.05) is 40.2 Å². The van der Waals surface area contributed by atoms with Crippen LogP contribution in [0.25, 0.3) is 0 Å². The van der Waals surface area contributed by atoms with Crippen molar-refractivity contribution in [3.63, 3.8) is 0 Å². The number of halogens is 1. The summed E-state index contributed by atoms with van der Waals surface area (Å²) in [6.07, 6.45) is 0.487. The van der Waals surface area contributed by atoms with Gasteiger partial charge in [-0.1, -0.05) is 11.6 Å². The Bertz CT molecular complexity index is 653. The molecule has 0 aliphatic carbocycles. The van der Waals surface area contributed by atoms with Gasteiger partial charge < -0.3 is 10.0 Å². The van der Waals surface area contributed by atoms with Gasteiger partial charge in [0.2, 0.25) is 10.0 Å². The number of hydrogen-bond acceptors (Lipinski definition) is 5. The molecule has 0 saturated carbocycles. The molecule has 1 aliphatic rings. The molecule has 1 aromatic heterocycles. The molecule has 8 nitrogen and oxygen atoms in total. The quantitative estimate of drug-likeness (QED) is 0.782. The van der Waals surface area contributed by atoms with Crippen LogP contribution in [0.2, 0.25) is 5.02 Å². The number of aliphatic hydroxyl groups is 1. The first kappa shape index (κ1) is 17.2. The van der Waals surface area contributed by atoms with Crippen molar-refractivity contribution in [2.24, 2.45) is 13.0 Å². The number of likely N-dealkylation sites (tertiary alicyclic amines) is 1. The number of aliphatic hydroxyl groups excluding tert-OH is 1. The second-order valence-corrected chi connectivity index (χ2v) is 8.20. The molecule has 0 unspecified atom stereocenters. The Hall–Kier alpha value is -1.16. The third kappa shape index (κ3) is 3.27. The number of hydrogen-bond donors (Lipinski definition) is 1. The van der Waals surface area contributed by atoms with Crippen LogP contribution in [0.3, 0.4) is 0 Å². The Balaban J connectivity index is 2.13. The molecule has 2 heterocycles. The monoisotopic (exact) mass is 350 g/mol. The van der Waals surface area contributed by atoms with E-state index in [1.807, 2.05) is 0 Å². The van der Waals surface area contributed by atoms with Crippen molar-refractivity contribution < 1.29 is 18.3 Å². The van der Waals surface area contributed by atoms with E-state index in [-0.39, 0.29) is 35.5 Å². The van der Waals surface area contributed by atoms with Gasteiger partial charge in [0.25, 0.3) is 5.91 Å². The summed E-state index contributed by atoms with van der Waals surface area (Å²) in [5, 5.41) is 14.2. The van der Waals surface area contributed by atoms with E-state index in [0.29, 0.717) is 0 Å². The minimum absolute atomic E-state index is 0.0773. The third-order valence-corrected chi connectivity index (χ3v) is 6.01. The zero-order valence-electron chi connectivity index (χ0n) is 12.6. The molecule has 2 rings (SSSR count). The van der Waals surface area contributed by atoms with Crippen molar-refractivity contribution in [2.75, 3.05) is 32.9 Å². The number of carbonyl (C=O) groups is 1. The second-order valence-electron chi connectivity index (χ2n) is 5.56. The number of nitrogens with zero attached hydrogens (tertiary/aromatic N) is 4. The molecule has 1 amide bonds. The minimum Gasteiger partial charge on any atom is -0.391 e. The van der Waals surface area contributed by atoms with Gasteiger partial charge in [-0.05, 0) is 0 Å². The summed E-state index contributed by atoms with van der Waals surface area (Å²) < 4.78 is 26.3. The number of rotatable bonds is 4. The predicted octanol–water partition coefficient (Wildman–Crippen LogP) is -0.602. The molecule has 1 fully saturated rings. The summed E-state index contributed by atoms with van der Waals surface area (Å²) in [6, 6.07) is 0. The van der Waals surface area contributed by atoms with Crippen molar-refractivity contribution in [2.45, 2.75) is 6.10 Å². The summed E-state index contributed by atoms with van der Waals surface area (Å²) in [5.74, 6) is -1.10. The van der Waals surface area contributed by atoms with Crippen molar-refractivity contribution >= 4 is 27.5 Å². The van der Waals surface area contributed by atoms with E-state index in [1.54, 1.807) is 7.05 Å². The fourth-order valence-corrected chi connectivity index (χ4v) is 3.82. The molecule has 0 spiro atoms. The van der Waals surface area contributed by atoms with E-state index in [1.165, 1.54) is 29.9 Å². The Labute approximate surface area is 134 Å². The van der Waals surface area contributed by atoms with E-state index in [4.69, 9.17) is 11.6 Å².